The summed E-state index contributed by atoms with van der Waals surface area (Å²) < 4.78 is 13.2. The number of anilines is 1. The minimum absolute atomic E-state index is 0.247. The fraction of sp³-hybridized carbons (Fsp3) is 0.344. The van der Waals surface area contributed by atoms with Gasteiger partial charge in [0, 0.05) is 17.5 Å². The van der Waals surface area contributed by atoms with Crippen LogP contribution in [0.15, 0.2) is 94.6 Å². The number of hydrogen-bond acceptors (Lipinski definition) is 8. The van der Waals surface area contributed by atoms with Gasteiger partial charge in [0.15, 0.2) is 0 Å². The van der Waals surface area contributed by atoms with Gasteiger partial charge < -0.3 is 26.1 Å². The predicted molar refractivity (Wildman–Crippen MR) is 170 cm³/mol. The summed E-state index contributed by atoms with van der Waals surface area (Å²) in [5, 5.41) is 17.0. The van der Waals surface area contributed by atoms with E-state index >= 15 is 0 Å². The summed E-state index contributed by atoms with van der Waals surface area (Å²) in [4.78, 5) is 26.7. The van der Waals surface area contributed by atoms with E-state index in [2.05, 4.69) is 42.7 Å². The van der Waals surface area contributed by atoms with Crippen molar-refractivity contribution in [2.24, 2.45) is 27.5 Å². The quantitative estimate of drug-likeness (QED) is 0.0440. The van der Waals surface area contributed by atoms with Crippen LogP contribution >= 0.6 is 0 Å². The number of amides is 1. The monoisotopic (exact) mass is 583 g/mol. The number of aryl methyl sites for hydroxylation is 1. The molecule has 0 radical (unpaired) electrons. The lowest BCUT2D eigenvalue weighted by Gasteiger charge is -2.08. The Bertz CT molecular complexity index is 1160. The molecule has 0 atom stereocenters. The summed E-state index contributed by atoms with van der Waals surface area (Å²) in [5.41, 5.74) is 8.54. The first-order valence-electron chi connectivity index (χ1n) is 13.7. The lowest BCUT2D eigenvalue weighted by atomic mass is 10.1. The molecule has 0 aliphatic rings. The standard InChI is InChI=1S/C27H32FN5O2.C4H10.CH4O2/c1-3-24(26(34)33-23-15-13-22(28)14-16-23)25(31-18-6-4-5-17-29)8-7-19-32-27(35-30)21-11-9-20(2)10-12-21;1-4(2)3;2-1-3/h3,7-16,18H,1,4-6,17,19,29-30H2,2H3,(H,33,34);4H,1-3H3;2-3H,1H2/b8-7+,25-24-,31-18?,32-27?;;. The number of nitrogens with one attached hydrogen (secondary N) is 1. The van der Waals surface area contributed by atoms with Crippen LogP contribution in [0, 0.1) is 18.7 Å². The molecule has 7 N–H and O–H groups in total. The summed E-state index contributed by atoms with van der Waals surface area (Å²) in [6, 6.07) is 13.1. The van der Waals surface area contributed by atoms with Gasteiger partial charge in [-0.25, -0.2) is 9.38 Å². The molecule has 9 nitrogen and oxygen atoms in total. The molecule has 1 amide bonds. The Hall–Kier alpha value is -3.96. The van der Waals surface area contributed by atoms with Crippen molar-refractivity contribution in [1.82, 2.24) is 0 Å². The van der Waals surface area contributed by atoms with Crippen LogP contribution in [0.2, 0.25) is 0 Å². The van der Waals surface area contributed by atoms with Crippen LogP contribution in [0.3, 0.4) is 0 Å². The summed E-state index contributed by atoms with van der Waals surface area (Å²) in [5.74, 6) is 5.72. The molecule has 230 valence electrons. The first kappa shape index (κ1) is 38.0. The Morgan fingerprint density at radius 2 is 1.69 bits per heavy atom. The highest BCUT2D eigenvalue weighted by molar-refractivity contribution is 6.06. The van der Waals surface area contributed by atoms with Crippen LogP contribution in [-0.4, -0.2) is 48.1 Å². The van der Waals surface area contributed by atoms with E-state index in [1.54, 1.807) is 18.4 Å². The number of aliphatic hydroxyl groups excluding tert-OH is 1. The highest BCUT2D eigenvalue weighted by Gasteiger charge is 2.11. The first-order valence-corrected chi connectivity index (χ1v) is 13.7. The number of benzene rings is 2. The Morgan fingerprint density at radius 3 is 2.21 bits per heavy atom. The van der Waals surface area contributed by atoms with Gasteiger partial charge in [-0.3, -0.25) is 9.79 Å². The summed E-state index contributed by atoms with van der Waals surface area (Å²) >= 11 is 0. The number of rotatable bonds is 12. The highest BCUT2D eigenvalue weighted by Crippen LogP contribution is 2.15. The Balaban J connectivity index is 0.00000216. The average molecular weight is 584 g/mol. The van der Waals surface area contributed by atoms with Gasteiger partial charge in [0.25, 0.3) is 5.91 Å². The second-order valence-electron chi connectivity index (χ2n) is 9.47. The molecule has 42 heavy (non-hydrogen) atoms. The number of unbranched alkanes of at least 4 members (excludes halogenated alkanes) is 2. The topological polar surface area (TPSA) is 156 Å². The van der Waals surface area contributed by atoms with E-state index in [9.17, 15) is 9.18 Å². The zero-order valence-corrected chi connectivity index (χ0v) is 25.1. The highest BCUT2D eigenvalue weighted by atomic mass is 19.1. The number of carbonyl (C=O) groups is 1. The number of halogens is 1. The zero-order chi connectivity index (χ0) is 31.8. The fourth-order valence-electron chi connectivity index (χ4n) is 2.98. The molecule has 2 aromatic carbocycles. The van der Waals surface area contributed by atoms with Crippen LogP contribution in [0.4, 0.5) is 10.1 Å². The van der Waals surface area contributed by atoms with Gasteiger partial charge >= 0.3 is 0 Å². The van der Waals surface area contributed by atoms with Crippen molar-refractivity contribution < 1.29 is 24.2 Å². The van der Waals surface area contributed by atoms with E-state index in [0.717, 1.165) is 36.3 Å². The Morgan fingerprint density at radius 1 is 1.10 bits per heavy atom. The number of nitrogens with zero attached hydrogens (tertiary/aromatic N) is 2. The average Bonchev–Trinajstić information content (AvgIpc) is 2.95. The minimum Gasteiger partial charge on any atom is -0.391 e. The molecule has 0 aliphatic carbocycles. The third kappa shape index (κ3) is 17.7. The molecule has 0 fully saturated rings. The minimum atomic E-state index is -0.750. The Kier molecular flexibility index (Phi) is 21.5. The largest absolute Gasteiger partial charge is 0.391 e. The maximum absolute atomic E-state index is 13.2. The van der Waals surface area contributed by atoms with E-state index in [0.29, 0.717) is 23.8 Å². The molecular weight excluding hydrogens is 537 g/mol. The SMILES string of the molecule is C=C/C(C(=O)Nc1ccc(F)cc1)=C(\C=C\CN=C(ON)c1ccc(C)cc1)N=CCCCCN.CC(C)C.OCO. The predicted octanol–water partition coefficient (Wildman–Crippen LogP) is 5.20. The van der Waals surface area contributed by atoms with Crippen LogP contribution in [-0.2, 0) is 9.63 Å². The van der Waals surface area contributed by atoms with Gasteiger partial charge in [0.1, 0.15) is 12.6 Å². The van der Waals surface area contributed by atoms with Gasteiger partial charge in [-0.15, -0.1) is 0 Å². The lowest BCUT2D eigenvalue weighted by Crippen LogP contribution is -2.14. The summed E-state index contributed by atoms with van der Waals surface area (Å²) in [6.45, 7) is 12.4. The van der Waals surface area contributed by atoms with Gasteiger partial charge in [-0.05, 0) is 81.1 Å². The van der Waals surface area contributed by atoms with Crippen molar-refractivity contribution >= 4 is 23.7 Å². The number of nitrogens with two attached hydrogens (primary N) is 2. The van der Waals surface area contributed by atoms with Crippen LogP contribution < -0.4 is 16.9 Å². The number of carbonyl (C=O) groups excluding carboxylic acids is 1. The van der Waals surface area contributed by atoms with Crippen LogP contribution in [0.5, 0.6) is 0 Å². The fourth-order valence-corrected chi connectivity index (χ4v) is 2.98. The van der Waals surface area contributed by atoms with Crippen molar-refractivity contribution in [3.05, 3.63) is 102 Å². The molecule has 0 saturated carbocycles. The molecule has 0 unspecified atom stereocenters. The normalized spacial score (nSPS) is 11.8. The third-order valence-corrected chi connectivity index (χ3v) is 4.87. The number of allylic oxidation sites excluding steroid dienone is 1. The summed E-state index contributed by atoms with van der Waals surface area (Å²) in [7, 11) is 0. The van der Waals surface area contributed by atoms with Crippen molar-refractivity contribution in [3.63, 3.8) is 0 Å². The lowest BCUT2D eigenvalue weighted by molar-refractivity contribution is -0.112. The van der Waals surface area contributed by atoms with Crippen molar-refractivity contribution in [3.8, 4) is 0 Å². The molecule has 0 heterocycles. The van der Waals surface area contributed by atoms with Crippen LogP contribution in [0.1, 0.15) is 51.2 Å². The van der Waals surface area contributed by atoms with E-state index in [1.165, 1.54) is 30.3 Å². The van der Waals surface area contributed by atoms with Gasteiger partial charge in [0.05, 0.1) is 17.8 Å². The zero-order valence-electron chi connectivity index (χ0n) is 25.1. The van der Waals surface area contributed by atoms with Crippen LogP contribution in [0.25, 0.3) is 0 Å². The molecule has 0 spiro atoms. The summed E-state index contributed by atoms with van der Waals surface area (Å²) in [6.07, 6.45) is 9.10. The second kappa shape index (κ2) is 23.7. The smallest absolute Gasteiger partial charge is 0.257 e. The molecule has 0 bridgehead atoms. The molecule has 10 heteroatoms. The van der Waals surface area contributed by atoms with E-state index in [1.807, 2.05) is 31.2 Å². The number of aliphatic hydroxyl groups is 2. The van der Waals surface area contributed by atoms with Gasteiger partial charge in [-0.1, -0.05) is 57.2 Å². The number of aliphatic imine (C=N–C) groups is 2. The molecule has 0 aromatic heterocycles. The van der Waals surface area contributed by atoms with Gasteiger partial charge in [0.2, 0.25) is 5.90 Å². The Labute approximate surface area is 249 Å². The van der Waals surface area contributed by atoms with Gasteiger partial charge in [-0.2, -0.15) is 5.90 Å². The number of hydrogen-bond donors (Lipinski definition) is 5. The molecule has 2 rings (SSSR count). The molecular formula is C32H46FN5O4. The van der Waals surface area contributed by atoms with E-state index in [-0.39, 0.29) is 17.9 Å². The third-order valence-electron chi connectivity index (χ3n) is 4.87. The molecule has 0 aliphatic heterocycles. The first-order chi connectivity index (χ1) is 20.1. The molecule has 0 saturated heterocycles. The maximum atomic E-state index is 13.2. The van der Waals surface area contributed by atoms with Crippen molar-refractivity contribution in [2.75, 3.05) is 25.2 Å². The molecule has 2 aromatic rings. The van der Waals surface area contributed by atoms with Crippen molar-refractivity contribution in [1.29, 1.82) is 0 Å². The van der Waals surface area contributed by atoms with E-state index in [4.69, 9.17) is 26.7 Å². The maximum Gasteiger partial charge on any atom is 0.257 e. The second-order valence-corrected chi connectivity index (χ2v) is 9.47. The van der Waals surface area contributed by atoms with Crippen molar-refractivity contribution in [2.45, 2.75) is 47.0 Å². The van der Waals surface area contributed by atoms with E-state index < -0.39 is 12.7 Å².